The Morgan fingerprint density at radius 2 is 1.95 bits per heavy atom. The standard InChI is InChI=1S/C14H12ClF2NO2S/c15-12-5-4-8(21-12)6-13(20)18-11(7-19)14-9(16)2-1-3-10(14)17/h1-5,11,19H,6-7H2,(H,18,20)/t11-/m0/s1. The number of thiophene rings is 1. The number of benzene rings is 1. The molecule has 2 aromatic rings. The van der Waals surface area contributed by atoms with Crippen LogP contribution in [0.25, 0.3) is 0 Å². The van der Waals surface area contributed by atoms with Gasteiger partial charge in [0.25, 0.3) is 0 Å². The highest BCUT2D eigenvalue weighted by molar-refractivity contribution is 7.16. The highest BCUT2D eigenvalue weighted by Gasteiger charge is 2.21. The molecular weight excluding hydrogens is 320 g/mol. The Labute approximate surface area is 129 Å². The van der Waals surface area contributed by atoms with Crippen LogP contribution in [0.2, 0.25) is 4.34 Å². The molecule has 0 bridgehead atoms. The van der Waals surface area contributed by atoms with Crippen LogP contribution in [0.15, 0.2) is 30.3 Å². The third-order valence-corrected chi connectivity index (χ3v) is 4.06. The smallest absolute Gasteiger partial charge is 0.225 e. The van der Waals surface area contributed by atoms with Gasteiger partial charge < -0.3 is 10.4 Å². The van der Waals surface area contributed by atoms with E-state index in [-0.39, 0.29) is 12.0 Å². The van der Waals surface area contributed by atoms with E-state index in [1.54, 1.807) is 12.1 Å². The summed E-state index contributed by atoms with van der Waals surface area (Å²) < 4.78 is 27.9. The zero-order valence-corrected chi connectivity index (χ0v) is 12.3. The van der Waals surface area contributed by atoms with Gasteiger partial charge in [0, 0.05) is 10.4 Å². The molecule has 1 aromatic heterocycles. The molecule has 0 aliphatic carbocycles. The first-order valence-corrected chi connectivity index (χ1v) is 7.29. The zero-order valence-electron chi connectivity index (χ0n) is 10.8. The number of rotatable bonds is 5. The summed E-state index contributed by atoms with van der Waals surface area (Å²) in [7, 11) is 0. The van der Waals surface area contributed by atoms with Crippen LogP contribution in [0.5, 0.6) is 0 Å². The second kappa shape index (κ2) is 6.98. The van der Waals surface area contributed by atoms with Crippen molar-refractivity contribution in [3.05, 3.63) is 56.7 Å². The Bertz CT molecular complexity index is 627. The third kappa shape index (κ3) is 4.00. The lowest BCUT2D eigenvalue weighted by Gasteiger charge is -2.17. The zero-order chi connectivity index (χ0) is 15.4. The summed E-state index contributed by atoms with van der Waals surface area (Å²) in [5.74, 6) is -2.07. The molecule has 3 nitrogen and oxygen atoms in total. The van der Waals surface area contributed by atoms with Crippen molar-refractivity contribution in [2.75, 3.05) is 6.61 Å². The minimum Gasteiger partial charge on any atom is -0.394 e. The Balaban J connectivity index is 2.10. The van der Waals surface area contributed by atoms with E-state index < -0.39 is 30.2 Å². The SMILES string of the molecule is O=C(Cc1ccc(Cl)s1)N[C@@H](CO)c1c(F)cccc1F. The van der Waals surface area contributed by atoms with E-state index in [9.17, 15) is 18.7 Å². The Morgan fingerprint density at radius 1 is 1.29 bits per heavy atom. The molecular formula is C14H12ClF2NO2S. The molecule has 2 rings (SSSR count). The van der Waals surface area contributed by atoms with Crippen molar-refractivity contribution < 1.29 is 18.7 Å². The Kier molecular flexibility index (Phi) is 5.27. The number of aliphatic hydroxyl groups excluding tert-OH is 1. The fourth-order valence-electron chi connectivity index (χ4n) is 1.90. The van der Waals surface area contributed by atoms with E-state index in [2.05, 4.69) is 5.32 Å². The van der Waals surface area contributed by atoms with Crippen LogP contribution in [0.4, 0.5) is 8.78 Å². The summed E-state index contributed by atoms with van der Waals surface area (Å²) in [6, 6.07) is 5.60. The summed E-state index contributed by atoms with van der Waals surface area (Å²) in [6.07, 6.45) is 0.0317. The number of halogens is 3. The number of aliphatic hydroxyl groups is 1. The Morgan fingerprint density at radius 3 is 2.48 bits per heavy atom. The first-order chi connectivity index (χ1) is 10.0. The normalized spacial score (nSPS) is 12.2. The minimum atomic E-state index is -1.13. The molecule has 7 heteroatoms. The van der Waals surface area contributed by atoms with Crippen molar-refractivity contribution in [1.82, 2.24) is 5.32 Å². The van der Waals surface area contributed by atoms with Crippen molar-refractivity contribution in [2.45, 2.75) is 12.5 Å². The largest absolute Gasteiger partial charge is 0.394 e. The van der Waals surface area contributed by atoms with E-state index in [1.807, 2.05) is 0 Å². The topological polar surface area (TPSA) is 49.3 Å². The highest BCUT2D eigenvalue weighted by Crippen LogP contribution is 2.23. The number of hydrogen-bond donors (Lipinski definition) is 2. The number of amides is 1. The molecule has 0 fully saturated rings. The van der Waals surface area contributed by atoms with Gasteiger partial charge in [-0.15, -0.1) is 11.3 Å². The van der Waals surface area contributed by atoms with Gasteiger partial charge in [-0.25, -0.2) is 8.78 Å². The molecule has 0 aliphatic rings. The average molecular weight is 332 g/mol. The third-order valence-electron chi connectivity index (χ3n) is 2.83. The van der Waals surface area contributed by atoms with Gasteiger partial charge >= 0.3 is 0 Å². The van der Waals surface area contributed by atoms with Crippen molar-refractivity contribution >= 4 is 28.8 Å². The van der Waals surface area contributed by atoms with Crippen molar-refractivity contribution in [1.29, 1.82) is 0 Å². The molecule has 0 aliphatic heterocycles. The fourth-order valence-corrected chi connectivity index (χ4v) is 2.99. The molecule has 21 heavy (non-hydrogen) atoms. The number of carbonyl (C=O) groups excluding carboxylic acids is 1. The lowest BCUT2D eigenvalue weighted by atomic mass is 10.1. The molecule has 112 valence electrons. The van der Waals surface area contributed by atoms with Gasteiger partial charge in [0.2, 0.25) is 5.91 Å². The van der Waals surface area contributed by atoms with Crippen LogP contribution in [-0.2, 0) is 11.2 Å². The van der Waals surface area contributed by atoms with Gasteiger partial charge in [-0.3, -0.25) is 4.79 Å². The minimum absolute atomic E-state index is 0.0317. The predicted octanol–water partition coefficient (Wildman–Crippen LogP) is 3.07. The van der Waals surface area contributed by atoms with E-state index in [1.165, 1.54) is 17.4 Å². The molecule has 0 saturated heterocycles. The Hall–Kier alpha value is -1.50. The maximum absolute atomic E-state index is 13.7. The number of carbonyl (C=O) groups is 1. The molecule has 1 amide bonds. The van der Waals surface area contributed by atoms with Crippen LogP contribution < -0.4 is 5.32 Å². The van der Waals surface area contributed by atoms with E-state index >= 15 is 0 Å². The second-order valence-corrected chi connectivity index (χ2v) is 6.12. The summed E-state index contributed by atoms with van der Waals surface area (Å²) in [4.78, 5) is 12.6. The van der Waals surface area contributed by atoms with Crippen LogP contribution in [0.3, 0.4) is 0 Å². The molecule has 0 unspecified atom stereocenters. The van der Waals surface area contributed by atoms with E-state index in [4.69, 9.17) is 11.6 Å². The summed E-state index contributed by atoms with van der Waals surface area (Å²) in [5.41, 5.74) is -0.349. The van der Waals surface area contributed by atoms with Crippen molar-refractivity contribution in [3.8, 4) is 0 Å². The first-order valence-electron chi connectivity index (χ1n) is 6.09. The molecule has 1 aromatic carbocycles. The van der Waals surface area contributed by atoms with Gasteiger partial charge in [0.15, 0.2) is 0 Å². The lowest BCUT2D eigenvalue weighted by molar-refractivity contribution is -0.121. The summed E-state index contributed by atoms with van der Waals surface area (Å²) in [6.45, 7) is -0.602. The first kappa shape index (κ1) is 15.9. The molecule has 0 saturated carbocycles. The highest BCUT2D eigenvalue weighted by atomic mass is 35.5. The summed E-state index contributed by atoms with van der Waals surface area (Å²) >= 11 is 7.01. The van der Waals surface area contributed by atoms with Gasteiger partial charge in [-0.05, 0) is 24.3 Å². The maximum Gasteiger partial charge on any atom is 0.225 e. The van der Waals surface area contributed by atoms with Gasteiger partial charge in [-0.2, -0.15) is 0 Å². The quantitative estimate of drug-likeness (QED) is 0.884. The lowest BCUT2D eigenvalue weighted by Crippen LogP contribution is -2.33. The van der Waals surface area contributed by atoms with Crippen LogP contribution in [0, 0.1) is 11.6 Å². The molecule has 1 atom stereocenters. The predicted molar refractivity (Wildman–Crippen MR) is 77.4 cm³/mol. The van der Waals surface area contributed by atoms with Crippen molar-refractivity contribution in [2.24, 2.45) is 0 Å². The second-order valence-electron chi connectivity index (χ2n) is 4.32. The van der Waals surface area contributed by atoms with E-state index in [0.29, 0.717) is 4.34 Å². The monoisotopic (exact) mass is 331 g/mol. The number of nitrogens with one attached hydrogen (secondary N) is 1. The van der Waals surface area contributed by atoms with Gasteiger partial charge in [0.05, 0.1) is 23.4 Å². The van der Waals surface area contributed by atoms with Gasteiger partial charge in [-0.1, -0.05) is 17.7 Å². The van der Waals surface area contributed by atoms with Crippen molar-refractivity contribution in [3.63, 3.8) is 0 Å². The molecule has 0 radical (unpaired) electrons. The van der Waals surface area contributed by atoms with E-state index in [0.717, 1.165) is 17.0 Å². The molecule has 0 spiro atoms. The van der Waals surface area contributed by atoms with Crippen LogP contribution >= 0.6 is 22.9 Å². The number of hydrogen-bond acceptors (Lipinski definition) is 3. The molecule has 1 heterocycles. The summed E-state index contributed by atoms with van der Waals surface area (Å²) in [5, 5.41) is 11.7. The van der Waals surface area contributed by atoms with Gasteiger partial charge in [0.1, 0.15) is 11.6 Å². The average Bonchev–Trinajstić information content (AvgIpc) is 2.82. The van der Waals surface area contributed by atoms with Crippen LogP contribution in [0.1, 0.15) is 16.5 Å². The fraction of sp³-hybridized carbons (Fsp3) is 0.214. The molecule has 2 N–H and O–H groups in total. The van der Waals surface area contributed by atoms with Crippen LogP contribution in [-0.4, -0.2) is 17.6 Å². The maximum atomic E-state index is 13.7.